The van der Waals surface area contributed by atoms with E-state index in [1.807, 2.05) is 0 Å². The molecule has 2 unspecified atom stereocenters. The van der Waals surface area contributed by atoms with Gasteiger partial charge in [0.05, 0.1) is 13.2 Å². The van der Waals surface area contributed by atoms with Crippen molar-refractivity contribution in [2.24, 2.45) is 5.73 Å². The lowest BCUT2D eigenvalue weighted by Crippen LogP contribution is -2.29. The molecule has 2 atom stereocenters. The first-order valence-corrected chi connectivity index (χ1v) is 35.5. The molecule has 0 saturated carbocycles. The molecule has 0 aromatic rings. The predicted octanol–water partition coefficient (Wildman–Crippen LogP) is 22.3. The summed E-state index contributed by atoms with van der Waals surface area (Å²) in [7, 11) is -4.41. The van der Waals surface area contributed by atoms with Gasteiger partial charge in [0.25, 0.3) is 0 Å². The van der Waals surface area contributed by atoms with Crippen molar-refractivity contribution in [1.29, 1.82) is 0 Å². The van der Waals surface area contributed by atoms with Crippen LogP contribution in [-0.4, -0.2) is 49.3 Å². The van der Waals surface area contributed by atoms with E-state index < -0.39 is 26.5 Å². The van der Waals surface area contributed by atoms with E-state index in [1.54, 1.807) is 0 Å². The van der Waals surface area contributed by atoms with Gasteiger partial charge in [0.2, 0.25) is 0 Å². The van der Waals surface area contributed by atoms with Crippen LogP contribution < -0.4 is 5.73 Å². The number of phosphoric acid groups is 1. The fourth-order valence-corrected chi connectivity index (χ4v) is 10.1. The van der Waals surface area contributed by atoms with E-state index in [1.165, 1.54) is 167 Å². The Morgan fingerprint density at radius 2 is 0.663 bits per heavy atom. The smallest absolute Gasteiger partial charge is 0.462 e. The molecule has 0 spiro atoms. The van der Waals surface area contributed by atoms with E-state index in [4.69, 9.17) is 24.3 Å². The number of nitrogens with two attached hydrogens (primary N) is 1. The summed E-state index contributed by atoms with van der Waals surface area (Å²) in [6.45, 7) is 3.61. The van der Waals surface area contributed by atoms with Gasteiger partial charge in [0.1, 0.15) is 6.61 Å². The molecule has 0 amide bonds. The Kier molecular flexibility index (Phi) is 64.6. The van der Waals surface area contributed by atoms with Gasteiger partial charge in [-0.15, -0.1) is 0 Å². The average molecular weight is 1180 g/mol. The van der Waals surface area contributed by atoms with E-state index in [9.17, 15) is 19.0 Å². The number of phosphoric ester groups is 1. The van der Waals surface area contributed by atoms with Crippen molar-refractivity contribution >= 4 is 19.8 Å². The highest BCUT2D eigenvalue weighted by Gasteiger charge is 2.26. The second kappa shape index (κ2) is 67.5. The fraction of sp³-hybridized carbons (Fsp3) is 0.699. The zero-order valence-corrected chi connectivity index (χ0v) is 54.3. The second-order valence-electron chi connectivity index (χ2n) is 22.3. The molecular weight excluding hydrogens is 1050 g/mol. The highest BCUT2D eigenvalue weighted by atomic mass is 31.2. The lowest BCUT2D eigenvalue weighted by Gasteiger charge is -2.19. The van der Waals surface area contributed by atoms with Gasteiger partial charge in [-0.2, -0.15) is 0 Å². The monoisotopic (exact) mass is 1180 g/mol. The summed E-state index contributed by atoms with van der Waals surface area (Å²) in [6, 6.07) is 0. The van der Waals surface area contributed by atoms with Crippen molar-refractivity contribution in [3.8, 4) is 0 Å². The average Bonchev–Trinajstić information content (AvgIpc) is 3.48. The number of ether oxygens (including phenoxy) is 2. The molecule has 10 heteroatoms. The third kappa shape index (κ3) is 67.4. The van der Waals surface area contributed by atoms with Gasteiger partial charge >= 0.3 is 19.8 Å². The van der Waals surface area contributed by atoms with E-state index in [-0.39, 0.29) is 38.6 Å². The van der Waals surface area contributed by atoms with E-state index in [0.29, 0.717) is 6.42 Å². The first-order chi connectivity index (χ1) is 40.8. The van der Waals surface area contributed by atoms with Gasteiger partial charge in [-0.3, -0.25) is 18.6 Å². The van der Waals surface area contributed by atoms with Gasteiger partial charge < -0.3 is 20.1 Å². The minimum absolute atomic E-state index is 0.0423. The van der Waals surface area contributed by atoms with Crippen molar-refractivity contribution < 1.29 is 37.6 Å². The number of rotatable bonds is 63. The second-order valence-corrected chi connectivity index (χ2v) is 23.8. The highest BCUT2D eigenvalue weighted by molar-refractivity contribution is 7.47. The fourth-order valence-electron chi connectivity index (χ4n) is 9.33. The Hall–Kier alpha value is -3.59. The molecule has 0 radical (unpaired) electrons. The lowest BCUT2D eigenvalue weighted by atomic mass is 10.0. The molecule has 9 nitrogen and oxygen atoms in total. The third-order valence-corrected chi connectivity index (χ3v) is 15.3. The maximum Gasteiger partial charge on any atom is 0.472 e. The molecule has 0 saturated heterocycles. The van der Waals surface area contributed by atoms with Crippen LogP contribution in [-0.2, 0) is 32.7 Å². The van der Waals surface area contributed by atoms with Crippen LogP contribution >= 0.6 is 7.82 Å². The first-order valence-electron chi connectivity index (χ1n) is 34.0. The van der Waals surface area contributed by atoms with Crippen LogP contribution in [0.5, 0.6) is 0 Å². The zero-order valence-electron chi connectivity index (χ0n) is 53.4. The molecule has 0 bridgehead atoms. The number of hydrogen-bond donors (Lipinski definition) is 2. The number of allylic oxidation sites excluding steroid dienone is 20. The normalized spacial score (nSPS) is 13.7. The van der Waals surface area contributed by atoms with Gasteiger partial charge in [-0.1, -0.05) is 296 Å². The SMILES string of the molecule is CC/C=C\C/C=C\C/C=C\C/C=C\C/C=C\C/C=C\C/C=C\C/C=C\C/C=C\CCCCCC(=O)OC(COC(=O)CCCCCCCCCCCCCCCCCCCCC/C=C\CCCCCCCCCC)COP(=O)(O)OCCN. The van der Waals surface area contributed by atoms with E-state index >= 15 is 0 Å². The molecule has 0 aliphatic heterocycles. The Balaban J connectivity index is 3.98. The molecule has 0 aromatic carbocycles. The van der Waals surface area contributed by atoms with Crippen molar-refractivity contribution in [1.82, 2.24) is 0 Å². The van der Waals surface area contributed by atoms with E-state index in [2.05, 4.69) is 135 Å². The number of unbranched alkanes of at least 4 members (excludes halogenated alkanes) is 30. The van der Waals surface area contributed by atoms with Crippen LogP contribution in [0.15, 0.2) is 122 Å². The molecule has 83 heavy (non-hydrogen) atoms. The topological polar surface area (TPSA) is 134 Å². The zero-order chi connectivity index (χ0) is 60.1. The molecule has 0 aromatic heterocycles. The van der Waals surface area contributed by atoms with Gasteiger partial charge in [0.15, 0.2) is 6.10 Å². The Bertz CT molecular complexity index is 1770. The first kappa shape index (κ1) is 79.4. The molecule has 0 aliphatic carbocycles. The number of carbonyl (C=O) groups excluding carboxylic acids is 2. The predicted molar refractivity (Wildman–Crippen MR) is 358 cm³/mol. The summed E-state index contributed by atoms with van der Waals surface area (Å²) in [5.74, 6) is -0.864. The van der Waals surface area contributed by atoms with Gasteiger partial charge in [-0.05, 0) is 109 Å². The minimum Gasteiger partial charge on any atom is -0.462 e. The molecule has 0 fully saturated rings. The largest absolute Gasteiger partial charge is 0.472 e. The van der Waals surface area contributed by atoms with Crippen LogP contribution in [0, 0.1) is 0 Å². The van der Waals surface area contributed by atoms with Gasteiger partial charge in [-0.25, -0.2) is 4.57 Å². The quantitative estimate of drug-likeness (QED) is 0.0264. The summed E-state index contributed by atoms with van der Waals surface area (Å²) in [5, 5.41) is 0. The highest BCUT2D eigenvalue weighted by Crippen LogP contribution is 2.43. The summed E-state index contributed by atoms with van der Waals surface area (Å²) in [6.07, 6.45) is 94.3. The van der Waals surface area contributed by atoms with Crippen molar-refractivity contribution in [3.05, 3.63) is 122 Å². The number of esters is 2. The maximum atomic E-state index is 12.7. The number of carbonyl (C=O) groups is 2. The number of hydrogen-bond acceptors (Lipinski definition) is 8. The van der Waals surface area contributed by atoms with Crippen LogP contribution in [0.25, 0.3) is 0 Å². The lowest BCUT2D eigenvalue weighted by molar-refractivity contribution is -0.161. The maximum absolute atomic E-state index is 12.7. The van der Waals surface area contributed by atoms with Crippen LogP contribution in [0.4, 0.5) is 0 Å². The molecule has 0 heterocycles. The Morgan fingerprint density at radius 1 is 0.373 bits per heavy atom. The molecule has 476 valence electrons. The Morgan fingerprint density at radius 3 is 1.01 bits per heavy atom. The van der Waals surface area contributed by atoms with Crippen LogP contribution in [0.3, 0.4) is 0 Å². The molecule has 0 aliphatic rings. The summed E-state index contributed by atoms with van der Waals surface area (Å²) in [4.78, 5) is 35.3. The van der Waals surface area contributed by atoms with E-state index in [0.717, 1.165) is 96.3 Å². The molecule has 0 rings (SSSR count). The molecular formula is C73H126NO8P. The minimum atomic E-state index is -4.41. The summed E-state index contributed by atoms with van der Waals surface area (Å²) in [5.41, 5.74) is 5.39. The van der Waals surface area contributed by atoms with Crippen molar-refractivity contribution in [3.63, 3.8) is 0 Å². The summed E-state index contributed by atoms with van der Waals surface area (Å²) < 4.78 is 33.1. The van der Waals surface area contributed by atoms with Crippen molar-refractivity contribution in [2.45, 2.75) is 302 Å². The molecule has 3 N–H and O–H groups in total. The Labute approximate surface area is 511 Å². The van der Waals surface area contributed by atoms with Gasteiger partial charge in [0, 0.05) is 19.4 Å². The third-order valence-electron chi connectivity index (χ3n) is 14.3. The summed E-state index contributed by atoms with van der Waals surface area (Å²) >= 11 is 0. The van der Waals surface area contributed by atoms with Crippen molar-refractivity contribution in [2.75, 3.05) is 26.4 Å². The standard InChI is InChI=1S/C73H126NO8P/c1-3-5-7-9-11-13-15-17-19-21-23-25-27-29-31-33-35-37-39-41-43-45-47-49-51-53-55-57-59-61-63-65-72(75)79-69-71(70-81-83(77,78)80-68-67-74)82-73(76)66-64-62-60-58-56-54-52-50-48-46-44-42-40-38-36-34-32-30-28-26-24-22-20-18-16-14-12-10-8-6-4-2/h6,8,12,14,18,20-21,23-24,26,30,32,36,38,42,44,48,50,54,56,71H,3-5,7,9-11,13,15-17,19,22,25,27-29,31,33-35,37,39-41,43,45-47,49,51-53,55,57-70,74H2,1-2H3,(H,77,78)/b8-6-,14-12-,20-18-,23-21-,26-24-,32-30-,38-36-,44-42-,50-48-,56-54-. The van der Waals surface area contributed by atoms with Crippen LogP contribution in [0.1, 0.15) is 296 Å². The van der Waals surface area contributed by atoms with Crippen LogP contribution in [0.2, 0.25) is 0 Å².